The first-order valence-electron chi connectivity index (χ1n) is 10.1. The van der Waals surface area contributed by atoms with Crippen LogP contribution in [0.5, 0.6) is 5.75 Å². The number of sulfonamides is 1. The van der Waals surface area contributed by atoms with Crippen molar-refractivity contribution in [2.24, 2.45) is 5.92 Å². The van der Waals surface area contributed by atoms with E-state index in [1.165, 1.54) is 29.6 Å². The summed E-state index contributed by atoms with van der Waals surface area (Å²) in [6.07, 6.45) is 1.16. The van der Waals surface area contributed by atoms with Gasteiger partial charge in [0.05, 0.1) is 22.9 Å². The summed E-state index contributed by atoms with van der Waals surface area (Å²) in [6, 6.07) is 12.4. The minimum Gasteiger partial charge on any atom is -0.495 e. The molecule has 0 spiro atoms. The van der Waals surface area contributed by atoms with Crippen LogP contribution in [0.3, 0.4) is 0 Å². The second-order valence-electron chi connectivity index (χ2n) is 7.61. The molecule has 4 rings (SSSR count). The molecule has 0 aliphatic carbocycles. The number of nitrogens with one attached hydrogen (secondary N) is 2. The molecule has 1 aliphatic rings. The fraction of sp³-hybridized carbons (Fsp3) is 0.273. The second kappa shape index (κ2) is 8.93. The zero-order valence-corrected chi connectivity index (χ0v) is 18.9. The van der Waals surface area contributed by atoms with Crippen LogP contribution >= 0.6 is 11.6 Å². The van der Waals surface area contributed by atoms with E-state index in [1.807, 2.05) is 0 Å². The van der Waals surface area contributed by atoms with E-state index in [2.05, 4.69) is 10.3 Å². The molecule has 1 saturated heterocycles. The van der Waals surface area contributed by atoms with E-state index >= 15 is 0 Å². The number of piperidine rings is 1. The number of hydrogen-bond acceptors (Lipinski definition) is 5. The zero-order valence-electron chi connectivity index (χ0n) is 17.3. The van der Waals surface area contributed by atoms with E-state index in [0.29, 0.717) is 46.7 Å². The number of hydrogen-bond donors (Lipinski definition) is 2. The molecular formula is C22H22ClN3O5S. The van der Waals surface area contributed by atoms with Crippen LogP contribution in [0.4, 0.5) is 5.69 Å². The molecule has 8 nitrogen and oxygen atoms in total. The van der Waals surface area contributed by atoms with Crippen molar-refractivity contribution >= 4 is 44.1 Å². The van der Waals surface area contributed by atoms with Crippen LogP contribution in [0.25, 0.3) is 10.9 Å². The molecule has 2 N–H and O–H groups in total. The van der Waals surface area contributed by atoms with Crippen molar-refractivity contribution < 1.29 is 17.9 Å². The highest BCUT2D eigenvalue weighted by Crippen LogP contribution is 2.29. The van der Waals surface area contributed by atoms with Gasteiger partial charge in [-0.3, -0.25) is 9.59 Å². The molecule has 168 valence electrons. The highest BCUT2D eigenvalue weighted by Gasteiger charge is 2.33. The summed E-state index contributed by atoms with van der Waals surface area (Å²) in [6.45, 7) is 0.422. The summed E-state index contributed by atoms with van der Waals surface area (Å²) in [5.41, 5.74) is 0.825. The predicted molar refractivity (Wildman–Crippen MR) is 123 cm³/mol. The number of aromatic nitrogens is 1. The maximum Gasteiger partial charge on any atom is 0.248 e. The molecule has 1 aromatic heterocycles. The van der Waals surface area contributed by atoms with Gasteiger partial charge in [0.1, 0.15) is 5.75 Å². The maximum atomic E-state index is 13.2. The number of carbonyl (C=O) groups excluding carboxylic acids is 1. The number of anilines is 1. The predicted octanol–water partition coefficient (Wildman–Crippen LogP) is 3.23. The average Bonchev–Trinajstić information content (AvgIpc) is 2.79. The number of benzene rings is 2. The first kappa shape index (κ1) is 22.3. The van der Waals surface area contributed by atoms with Gasteiger partial charge in [0.2, 0.25) is 21.5 Å². The Morgan fingerprint density at radius 2 is 2.00 bits per heavy atom. The van der Waals surface area contributed by atoms with Crippen molar-refractivity contribution in [3.63, 3.8) is 0 Å². The number of methoxy groups -OCH3 is 1. The van der Waals surface area contributed by atoms with Gasteiger partial charge in [-0.2, -0.15) is 4.31 Å². The highest BCUT2D eigenvalue weighted by molar-refractivity contribution is 7.89. The summed E-state index contributed by atoms with van der Waals surface area (Å²) in [4.78, 5) is 27.1. The van der Waals surface area contributed by atoms with E-state index in [0.717, 1.165) is 0 Å². The zero-order chi connectivity index (χ0) is 22.9. The lowest BCUT2D eigenvalue weighted by Gasteiger charge is -2.31. The number of rotatable bonds is 5. The van der Waals surface area contributed by atoms with Gasteiger partial charge in [-0.1, -0.05) is 11.6 Å². The number of halogens is 1. The molecule has 2 heterocycles. The van der Waals surface area contributed by atoms with E-state index in [4.69, 9.17) is 16.3 Å². The molecule has 1 fully saturated rings. The molecule has 1 aliphatic heterocycles. The molecule has 1 atom stereocenters. The Balaban J connectivity index is 1.51. The quantitative estimate of drug-likeness (QED) is 0.589. The summed E-state index contributed by atoms with van der Waals surface area (Å²) in [5.74, 6) is -0.252. The first-order valence-corrected chi connectivity index (χ1v) is 11.9. The van der Waals surface area contributed by atoms with Crippen LogP contribution in [0, 0.1) is 5.92 Å². The van der Waals surface area contributed by atoms with E-state index in [9.17, 15) is 18.0 Å². The van der Waals surface area contributed by atoms with Gasteiger partial charge in [0.15, 0.2) is 0 Å². The molecule has 10 heteroatoms. The Hall–Kier alpha value is -2.88. The number of nitrogens with zero attached hydrogens (tertiary/aromatic N) is 1. The summed E-state index contributed by atoms with van der Waals surface area (Å²) in [5, 5.41) is 3.80. The smallest absolute Gasteiger partial charge is 0.248 e. The average molecular weight is 476 g/mol. The fourth-order valence-corrected chi connectivity index (χ4v) is 5.62. The van der Waals surface area contributed by atoms with Crippen LogP contribution in [0.2, 0.25) is 5.02 Å². The third-order valence-corrected chi connectivity index (χ3v) is 7.66. The van der Waals surface area contributed by atoms with Crippen LogP contribution < -0.4 is 15.6 Å². The van der Waals surface area contributed by atoms with Crippen molar-refractivity contribution in [3.8, 4) is 5.75 Å². The molecule has 32 heavy (non-hydrogen) atoms. The molecule has 0 radical (unpaired) electrons. The molecule has 0 saturated carbocycles. The van der Waals surface area contributed by atoms with E-state index < -0.39 is 15.9 Å². The number of aromatic amines is 1. The second-order valence-corrected chi connectivity index (χ2v) is 9.96. The molecule has 0 bridgehead atoms. The third kappa shape index (κ3) is 4.50. The van der Waals surface area contributed by atoms with Crippen LogP contribution in [0.15, 0.2) is 58.2 Å². The monoisotopic (exact) mass is 475 g/mol. The van der Waals surface area contributed by atoms with Gasteiger partial charge in [-0.15, -0.1) is 0 Å². The number of carbonyl (C=O) groups is 1. The fourth-order valence-electron chi connectivity index (χ4n) is 3.81. The van der Waals surface area contributed by atoms with Crippen LogP contribution in [0.1, 0.15) is 12.8 Å². The summed E-state index contributed by atoms with van der Waals surface area (Å²) in [7, 11) is -2.29. The first-order chi connectivity index (χ1) is 15.3. The van der Waals surface area contributed by atoms with Crippen LogP contribution in [-0.4, -0.2) is 43.8 Å². The Kier molecular flexibility index (Phi) is 6.23. The minimum absolute atomic E-state index is 0.0850. The largest absolute Gasteiger partial charge is 0.495 e. The number of pyridine rings is 1. The third-order valence-electron chi connectivity index (χ3n) is 5.51. The Morgan fingerprint density at radius 3 is 2.75 bits per heavy atom. The van der Waals surface area contributed by atoms with Gasteiger partial charge in [0, 0.05) is 30.4 Å². The van der Waals surface area contributed by atoms with Crippen molar-refractivity contribution in [1.82, 2.24) is 9.29 Å². The number of amides is 1. The van der Waals surface area contributed by atoms with Crippen LogP contribution in [-0.2, 0) is 14.8 Å². The Morgan fingerprint density at radius 1 is 1.19 bits per heavy atom. The number of fused-ring (bicyclic) bond motifs is 1. The van der Waals surface area contributed by atoms with Crippen molar-refractivity contribution in [3.05, 3.63) is 63.9 Å². The lowest BCUT2D eigenvalue weighted by Crippen LogP contribution is -2.43. The van der Waals surface area contributed by atoms with Crippen molar-refractivity contribution in [2.75, 3.05) is 25.5 Å². The lowest BCUT2D eigenvalue weighted by atomic mass is 9.98. The van der Waals surface area contributed by atoms with Crippen molar-refractivity contribution in [2.45, 2.75) is 17.7 Å². The van der Waals surface area contributed by atoms with Gasteiger partial charge >= 0.3 is 0 Å². The van der Waals surface area contributed by atoms with Gasteiger partial charge in [-0.05, 0) is 60.7 Å². The normalized spacial score (nSPS) is 17.2. The topological polar surface area (TPSA) is 109 Å². The van der Waals surface area contributed by atoms with Crippen molar-refractivity contribution in [1.29, 1.82) is 0 Å². The van der Waals surface area contributed by atoms with E-state index in [-0.39, 0.29) is 22.9 Å². The molecule has 1 amide bonds. The highest BCUT2D eigenvalue weighted by atomic mass is 35.5. The Bertz CT molecular complexity index is 1340. The molecular weight excluding hydrogens is 454 g/mol. The number of H-pyrrole nitrogens is 1. The van der Waals surface area contributed by atoms with Gasteiger partial charge in [-0.25, -0.2) is 8.42 Å². The van der Waals surface area contributed by atoms with E-state index in [1.54, 1.807) is 30.3 Å². The summed E-state index contributed by atoms with van der Waals surface area (Å²) >= 11 is 6.12. The Labute approximate surface area is 190 Å². The van der Waals surface area contributed by atoms with Gasteiger partial charge < -0.3 is 15.0 Å². The van der Waals surface area contributed by atoms with Gasteiger partial charge in [0.25, 0.3) is 0 Å². The minimum atomic E-state index is -3.79. The molecule has 3 aromatic rings. The lowest BCUT2D eigenvalue weighted by molar-refractivity contribution is -0.120. The summed E-state index contributed by atoms with van der Waals surface area (Å²) < 4.78 is 32.9. The number of ether oxygens (including phenoxy) is 1. The molecule has 0 unspecified atom stereocenters. The molecule has 2 aromatic carbocycles. The maximum absolute atomic E-state index is 13.2. The standard InChI is InChI=1S/C22H22ClN3O5S/c1-31-20-8-5-16(12-18(20)23)24-22(28)15-3-2-10-26(13-15)32(29,30)17-6-7-19-14(11-17)4-9-21(27)25-19/h4-9,11-12,15H,2-3,10,13H2,1H3,(H,24,28)(H,25,27)/t15-/m0/s1. The SMILES string of the molecule is COc1ccc(NC(=O)[C@H]2CCCN(S(=O)(=O)c3ccc4[nH]c(=O)ccc4c3)C2)cc1Cl.